The fourth-order valence-electron chi connectivity index (χ4n) is 0.598. The smallest absolute Gasteiger partial charge is 0.0703 e. The van der Waals surface area contributed by atoms with E-state index in [2.05, 4.69) is 28.6 Å². The van der Waals surface area contributed by atoms with E-state index >= 15 is 0 Å². The molecule has 0 spiro atoms. The van der Waals surface area contributed by atoms with Crippen LogP contribution in [-0.4, -0.2) is 0 Å². The lowest BCUT2D eigenvalue weighted by Gasteiger charge is -2.03. The summed E-state index contributed by atoms with van der Waals surface area (Å²) in [6, 6.07) is 3.60. The molecule has 0 amide bonds. The molecule has 0 saturated carbocycles. The topological polar surface area (TPSA) is 52.0 Å². The molecule has 0 aliphatic carbocycles. The van der Waals surface area contributed by atoms with Crippen molar-refractivity contribution in [2.24, 2.45) is 0 Å². The summed E-state index contributed by atoms with van der Waals surface area (Å²) in [6.45, 7) is 0. The van der Waals surface area contributed by atoms with Gasteiger partial charge in [-0.15, -0.1) is 12.6 Å². The molecule has 0 radical (unpaired) electrons. The van der Waals surface area contributed by atoms with E-state index in [4.69, 9.17) is 11.5 Å². The lowest BCUT2D eigenvalue weighted by atomic mass is 10.3. The van der Waals surface area contributed by atoms with Crippen molar-refractivity contribution in [1.29, 1.82) is 0 Å². The van der Waals surface area contributed by atoms with Gasteiger partial charge >= 0.3 is 0 Å². The third kappa shape index (κ3) is 1.22. The zero-order valence-electron chi connectivity index (χ0n) is 5.13. The Morgan fingerprint density at radius 1 is 1.20 bits per heavy atom. The highest BCUT2D eigenvalue weighted by Crippen LogP contribution is 2.30. The molecule has 4 N–H and O–H groups in total. The number of nitrogen functional groups attached to an aromatic ring is 2. The third-order valence-electron chi connectivity index (χ3n) is 1.21. The maximum absolute atomic E-state index is 5.56. The summed E-state index contributed by atoms with van der Waals surface area (Å²) in [7, 11) is 0. The SMILES string of the molecule is Nc1c(S)ccc(Br)c1N. The first-order valence-electron chi connectivity index (χ1n) is 2.65. The summed E-state index contributed by atoms with van der Waals surface area (Å²) < 4.78 is 0.808. The van der Waals surface area contributed by atoms with Gasteiger partial charge in [-0.3, -0.25) is 0 Å². The predicted octanol–water partition coefficient (Wildman–Crippen LogP) is 1.90. The van der Waals surface area contributed by atoms with Crippen LogP contribution in [0.1, 0.15) is 0 Å². The lowest BCUT2D eigenvalue weighted by Crippen LogP contribution is -1.96. The van der Waals surface area contributed by atoms with Crippen LogP contribution in [0.2, 0.25) is 0 Å². The predicted molar refractivity (Wildman–Crippen MR) is 50.2 cm³/mol. The molecule has 0 atom stereocenters. The maximum Gasteiger partial charge on any atom is 0.0703 e. The molecule has 4 heteroatoms. The van der Waals surface area contributed by atoms with Crippen molar-refractivity contribution in [1.82, 2.24) is 0 Å². The van der Waals surface area contributed by atoms with Crippen LogP contribution in [0.4, 0.5) is 11.4 Å². The van der Waals surface area contributed by atoms with Crippen LogP contribution in [-0.2, 0) is 0 Å². The molecule has 0 saturated heterocycles. The fourth-order valence-corrected chi connectivity index (χ4v) is 1.14. The summed E-state index contributed by atoms with van der Waals surface area (Å²) in [5.74, 6) is 0. The Hall–Kier alpha value is -0.350. The maximum atomic E-state index is 5.56. The van der Waals surface area contributed by atoms with Crippen molar-refractivity contribution in [3.05, 3.63) is 16.6 Å². The zero-order chi connectivity index (χ0) is 7.72. The van der Waals surface area contributed by atoms with E-state index in [1.54, 1.807) is 6.07 Å². The zero-order valence-corrected chi connectivity index (χ0v) is 7.62. The number of rotatable bonds is 0. The van der Waals surface area contributed by atoms with E-state index in [1.807, 2.05) is 6.07 Å². The number of nitrogens with two attached hydrogens (primary N) is 2. The van der Waals surface area contributed by atoms with E-state index in [-0.39, 0.29) is 0 Å². The van der Waals surface area contributed by atoms with Gasteiger partial charge in [0.1, 0.15) is 0 Å². The average molecular weight is 219 g/mol. The van der Waals surface area contributed by atoms with Crippen molar-refractivity contribution in [3.8, 4) is 0 Å². The standard InChI is InChI=1S/C6H7BrN2S/c7-3-1-2-4(10)6(9)5(3)8/h1-2,10H,8-9H2. The van der Waals surface area contributed by atoms with Crippen molar-refractivity contribution in [2.45, 2.75) is 4.90 Å². The highest BCUT2D eigenvalue weighted by atomic mass is 79.9. The second kappa shape index (κ2) is 2.72. The molecule has 0 fully saturated rings. The van der Waals surface area contributed by atoms with Crippen LogP contribution in [0, 0.1) is 0 Å². The van der Waals surface area contributed by atoms with Gasteiger partial charge < -0.3 is 11.5 Å². The molecule has 2 nitrogen and oxygen atoms in total. The summed E-state index contributed by atoms with van der Waals surface area (Å²) >= 11 is 7.33. The van der Waals surface area contributed by atoms with Gasteiger partial charge in [0.2, 0.25) is 0 Å². The molecule has 54 valence electrons. The van der Waals surface area contributed by atoms with Crippen LogP contribution in [0.25, 0.3) is 0 Å². The first-order chi connectivity index (χ1) is 4.63. The minimum atomic E-state index is 0.526. The Labute approximate surface area is 73.1 Å². The fraction of sp³-hybridized carbons (Fsp3) is 0. The van der Waals surface area contributed by atoms with E-state index in [9.17, 15) is 0 Å². The number of halogens is 1. The van der Waals surface area contributed by atoms with Crippen molar-refractivity contribution in [3.63, 3.8) is 0 Å². The Kier molecular flexibility index (Phi) is 2.11. The van der Waals surface area contributed by atoms with Crippen LogP contribution in [0.3, 0.4) is 0 Å². The van der Waals surface area contributed by atoms with Gasteiger partial charge in [-0.25, -0.2) is 0 Å². The quantitative estimate of drug-likeness (QED) is 0.461. The molecule has 1 rings (SSSR count). The minimum Gasteiger partial charge on any atom is -0.396 e. The molecule has 0 bridgehead atoms. The monoisotopic (exact) mass is 218 g/mol. The summed E-state index contributed by atoms with van der Waals surface area (Å²) in [6.07, 6.45) is 0. The largest absolute Gasteiger partial charge is 0.396 e. The molecule has 0 aromatic heterocycles. The molecule has 0 aliphatic heterocycles. The van der Waals surface area contributed by atoms with E-state index in [0.29, 0.717) is 16.3 Å². The number of anilines is 2. The summed E-state index contributed by atoms with van der Waals surface area (Å²) in [5.41, 5.74) is 12.2. The summed E-state index contributed by atoms with van der Waals surface area (Å²) in [4.78, 5) is 0.709. The Balaban J connectivity index is 3.34. The van der Waals surface area contributed by atoms with Gasteiger partial charge in [-0.2, -0.15) is 0 Å². The number of thiol groups is 1. The van der Waals surface area contributed by atoms with Gasteiger partial charge in [-0.1, -0.05) is 0 Å². The molecular weight excluding hydrogens is 212 g/mol. The van der Waals surface area contributed by atoms with E-state index in [0.717, 1.165) is 4.47 Å². The highest BCUT2D eigenvalue weighted by molar-refractivity contribution is 9.10. The first-order valence-corrected chi connectivity index (χ1v) is 3.89. The van der Waals surface area contributed by atoms with E-state index < -0.39 is 0 Å². The molecule has 10 heavy (non-hydrogen) atoms. The first kappa shape index (κ1) is 7.75. The Bertz CT molecular complexity index is 235. The number of benzene rings is 1. The van der Waals surface area contributed by atoms with Gasteiger partial charge in [0.25, 0.3) is 0 Å². The van der Waals surface area contributed by atoms with Gasteiger partial charge in [0.15, 0.2) is 0 Å². The third-order valence-corrected chi connectivity index (χ3v) is 2.29. The number of hydrogen-bond acceptors (Lipinski definition) is 3. The van der Waals surface area contributed by atoms with Gasteiger partial charge in [0.05, 0.1) is 11.4 Å². The Morgan fingerprint density at radius 3 is 2.30 bits per heavy atom. The van der Waals surface area contributed by atoms with Crippen molar-refractivity contribution in [2.75, 3.05) is 11.5 Å². The molecule has 0 heterocycles. The molecule has 0 aliphatic rings. The molecule has 1 aromatic rings. The lowest BCUT2D eigenvalue weighted by molar-refractivity contribution is 1.45. The Morgan fingerprint density at radius 2 is 1.80 bits per heavy atom. The molecule has 0 unspecified atom stereocenters. The molecular formula is C6H7BrN2S. The van der Waals surface area contributed by atoms with Crippen LogP contribution < -0.4 is 11.5 Å². The highest BCUT2D eigenvalue weighted by Gasteiger charge is 2.01. The number of hydrogen-bond donors (Lipinski definition) is 3. The minimum absolute atomic E-state index is 0.526. The second-order valence-electron chi connectivity index (χ2n) is 1.89. The van der Waals surface area contributed by atoms with Gasteiger partial charge in [0, 0.05) is 9.37 Å². The second-order valence-corrected chi connectivity index (χ2v) is 3.23. The van der Waals surface area contributed by atoms with Crippen molar-refractivity contribution >= 4 is 39.9 Å². The van der Waals surface area contributed by atoms with E-state index in [1.165, 1.54) is 0 Å². The van der Waals surface area contributed by atoms with Crippen LogP contribution >= 0.6 is 28.6 Å². The molecule has 1 aromatic carbocycles. The van der Waals surface area contributed by atoms with Crippen molar-refractivity contribution < 1.29 is 0 Å². The van der Waals surface area contributed by atoms with Crippen LogP contribution in [0.15, 0.2) is 21.5 Å². The van der Waals surface area contributed by atoms with Crippen LogP contribution in [0.5, 0.6) is 0 Å². The van der Waals surface area contributed by atoms with Gasteiger partial charge in [-0.05, 0) is 28.1 Å². The normalized spacial score (nSPS) is 9.80. The average Bonchev–Trinajstić information content (AvgIpc) is 1.93. The summed E-state index contributed by atoms with van der Waals surface area (Å²) in [5, 5.41) is 0.